The van der Waals surface area contributed by atoms with Gasteiger partial charge in [0.05, 0.1) is 25.4 Å². The van der Waals surface area contributed by atoms with Crippen molar-refractivity contribution in [1.29, 1.82) is 0 Å². The molecule has 1 aromatic carbocycles. The van der Waals surface area contributed by atoms with Gasteiger partial charge in [-0.1, -0.05) is 13.8 Å². The van der Waals surface area contributed by atoms with Crippen molar-refractivity contribution in [2.45, 2.75) is 66.6 Å². The van der Waals surface area contributed by atoms with E-state index >= 15 is 0 Å². The molecule has 23 heavy (non-hydrogen) atoms. The number of ether oxygens (including phenoxy) is 4. The minimum absolute atomic E-state index is 0.196. The van der Waals surface area contributed by atoms with Gasteiger partial charge in [0.25, 0.3) is 0 Å². The van der Waals surface area contributed by atoms with Gasteiger partial charge in [0.1, 0.15) is 18.3 Å². The van der Waals surface area contributed by atoms with E-state index in [0.29, 0.717) is 19.8 Å². The zero-order valence-corrected chi connectivity index (χ0v) is 15.5. The maximum Gasteiger partial charge on any atom is 0.147 e. The van der Waals surface area contributed by atoms with E-state index in [2.05, 4.69) is 13.8 Å². The van der Waals surface area contributed by atoms with Gasteiger partial charge in [-0.2, -0.15) is 0 Å². The minimum Gasteiger partial charge on any atom is -0.493 e. The summed E-state index contributed by atoms with van der Waals surface area (Å²) in [6.45, 7) is 14.4. The normalized spacial score (nSPS) is 11.6. The van der Waals surface area contributed by atoms with Crippen molar-refractivity contribution in [1.82, 2.24) is 0 Å². The van der Waals surface area contributed by atoms with Crippen LogP contribution in [-0.2, 0) is 16.1 Å². The summed E-state index contributed by atoms with van der Waals surface area (Å²) in [5.74, 6) is 1.74. The predicted molar refractivity (Wildman–Crippen MR) is 93.2 cm³/mol. The quantitative estimate of drug-likeness (QED) is 0.455. The molecule has 1 rings (SSSR count). The molecule has 0 aromatic heterocycles. The molecule has 0 aliphatic heterocycles. The lowest BCUT2D eigenvalue weighted by Gasteiger charge is -2.20. The summed E-state index contributed by atoms with van der Waals surface area (Å²) in [4.78, 5) is 0. The van der Waals surface area contributed by atoms with Gasteiger partial charge in [-0.3, -0.25) is 0 Å². The van der Waals surface area contributed by atoms with Crippen LogP contribution in [0.5, 0.6) is 11.5 Å². The van der Waals surface area contributed by atoms with Gasteiger partial charge in [-0.15, -0.1) is 0 Å². The van der Waals surface area contributed by atoms with Crippen LogP contribution in [0.3, 0.4) is 0 Å². The SMILES string of the molecule is CCCOc1cc(COCOC(C)(C)C)cc(OCCC)c1C. The van der Waals surface area contributed by atoms with Crippen molar-refractivity contribution >= 4 is 0 Å². The Morgan fingerprint density at radius 1 is 0.913 bits per heavy atom. The fourth-order valence-corrected chi connectivity index (χ4v) is 1.90. The molecule has 0 aliphatic rings. The first-order valence-corrected chi connectivity index (χ1v) is 8.48. The lowest BCUT2D eigenvalue weighted by molar-refractivity contribution is -0.125. The third-order valence-electron chi connectivity index (χ3n) is 3.14. The van der Waals surface area contributed by atoms with Crippen molar-refractivity contribution in [2.24, 2.45) is 0 Å². The molecule has 0 atom stereocenters. The Kier molecular flexibility index (Phi) is 8.42. The van der Waals surface area contributed by atoms with Crippen LogP contribution < -0.4 is 9.47 Å². The first-order chi connectivity index (χ1) is 10.9. The van der Waals surface area contributed by atoms with Crippen LogP contribution in [0.15, 0.2) is 12.1 Å². The molecule has 1 aromatic rings. The molecule has 132 valence electrons. The molecular formula is C19H32O4. The molecule has 4 nitrogen and oxygen atoms in total. The highest BCUT2D eigenvalue weighted by Gasteiger charge is 2.12. The Bertz CT molecular complexity index is 434. The molecule has 0 amide bonds. The van der Waals surface area contributed by atoms with Crippen LogP contribution in [0.4, 0.5) is 0 Å². The van der Waals surface area contributed by atoms with Crippen LogP contribution in [0.2, 0.25) is 0 Å². The van der Waals surface area contributed by atoms with Gasteiger partial charge in [0.15, 0.2) is 0 Å². The van der Waals surface area contributed by atoms with Crippen molar-refractivity contribution in [3.8, 4) is 11.5 Å². The smallest absolute Gasteiger partial charge is 0.147 e. The van der Waals surface area contributed by atoms with E-state index in [0.717, 1.165) is 35.5 Å². The van der Waals surface area contributed by atoms with Gasteiger partial charge in [-0.05, 0) is 58.2 Å². The van der Waals surface area contributed by atoms with Crippen LogP contribution in [0.1, 0.15) is 58.6 Å². The summed E-state index contributed by atoms with van der Waals surface area (Å²) in [5.41, 5.74) is 1.88. The Morgan fingerprint density at radius 2 is 1.43 bits per heavy atom. The van der Waals surface area contributed by atoms with Crippen molar-refractivity contribution in [2.75, 3.05) is 20.0 Å². The molecule has 0 fully saturated rings. The number of hydrogen-bond acceptors (Lipinski definition) is 4. The number of hydrogen-bond donors (Lipinski definition) is 0. The largest absolute Gasteiger partial charge is 0.493 e. The lowest BCUT2D eigenvalue weighted by atomic mass is 10.1. The average molecular weight is 324 g/mol. The molecule has 0 unspecified atom stereocenters. The van der Waals surface area contributed by atoms with Crippen LogP contribution >= 0.6 is 0 Å². The molecule has 0 N–H and O–H groups in total. The second-order valence-electron chi connectivity index (χ2n) is 6.64. The lowest BCUT2D eigenvalue weighted by Crippen LogP contribution is -2.20. The van der Waals surface area contributed by atoms with Crippen LogP contribution in [0, 0.1) is 6.92 Å². The van der Waals surface area contributed by atoms with E-state index in [9.17, 15) is 0 Å². The molecule has 0 saturated carbocycles. The monoisotopic (exact) mass is 324 g/mol. The van der Waals surface area contributed by atoms with Gasteiger partial charge < -0.3 is 18.9 Å². The molecular weight excluding hydrogens is 292 g/mol. The Hall–Kier alpha value is -1.26. The summed E-state index contributed by atoms with van der Waals surface area (Å²) in [5, 5.41) is 0. The van der Waals surface area contributed by atoms with Crippen molar-refractivity contribution in [3.63, 3.8) is 0 Å². The molecule has 0 bridgehead atoms. The summed E-state index contributed by atoms with van der Waals surface area (Å²) < 4.78 is 22.9. The second-order valence-corrected chi connectivity index (χ2v) is 6.64. The first kappa shape index (κ1) is 19.8. The Morgan fingerprint density at radius 3 is 1.87 bits per heavy atom. The Balaban J connectivity index is 2.76. The van der Waals surface area contributed by atoms with Crippen molar-refractivity contribution in [3.05, 3.63) is 23.3 Å². The maximum absolute atomic E-state index is 5.84. The predicted octanol–water partition coefficient (Wildman–Crippen LogP) is 4.86. The summed E-state index contributed by atoms with van der Waals surface area (Å²) >= 11 is 0. The molecule has 0 saturated heterocycles. The highest BCUT2D eigenvalue weighted by atomic mass is 16.7. The number of rotatable bonds is 10. The highest BCUT2D eigenvalue weighted by molar-refractivity contribution is 5.47. The second kappa shape index (κ2) is 9.78. The third kappa shape index (κ3) is 7.71. The summed E-state index contributed by atoms with van der Waals surface area (Å²) in [6, 6.07) is 4.06. The standard InChI is InChI=1S/C19H32O4/c1-7-9-21-17-11-16(13-20-14-23-19(4,5)6)12-18(15(17)3)22-10-8-2/h11-12H,7-10,13-14H2,1-6H3. The van der Waals surface area contributed by atoms with E-state index in [1.165, 1.54) is 0 Å². The molecule has 0 spiro atoms. The topological polar surface area (TPSA) is 36.9 Å². The molecule has 0 radical (unpaired) electrons. The fraction of sp³-hybridized carbons (Fsp3) is 0.684. The van der Waals surface area contributed by atoms with E-state index < -0.39 is 0 Å². The van der Waals surface area contributed by atoms with Crippen molar-refractivity contribution < 1.29 is 18.9 Å². The van der Waals surface area contributed by atoms with Gasteiger partial charge in [-0.25, -0.2) is 0 Å². The first-order valence-electron chi connectivity index (χ1n) is 8.48. The van der Waals surface area contributed by atoms with Gasteiger partial charge in [0, 0.05) is 5.56 Å². The van der Waals surface area contributed by atoms with E-state index in [1.807, 2.05) is 39.8 Å². The fourth-order valence-electron chi connectivity index (χ4n) is 1.90. The number of benzene rings is 1. The molecule has 0 aliphatic carbocycles. The van der Waals surface area contributed by atoms with Crippen LogP contribution in [-0.4, -0.2) is 25.6 Å². The zero-order chi connectivity index (χ0) is 17.3. The van der Waals surface area contributed by atoms with E-state index in [1.54, 1.807) is 0 Å². The zero-order valence-electron chi connectivity index (χ0n) is 15.5. The van der Waals surface area contributed by atoms with E-state index in [4.69, 9.17) is 18.9 Å². The van der Waals surface area contributed by atoms with Gasteiger partial charge in [0.2, 0.25) is 0 Å². The summed E-state index contributed by atoms with van der Waals surface area (Å²) in [6.07, 6.45) is 1.95. The third-order valence-corrected chi connectivity index (χ3v) is 3.14. The minimum atomic E-state index is -0.196. The van der Waals surface area contributed by atoms with Crippen LogP contribution in [0.25, 0.3) is 0 Å². The Labute approximate surface area is 141 Å². The molecule has 4 heteroatoms. The van der Waals surface area contributed by atoms with E-state index in [-0.39, 0.29) is 12.4 Å². The maximum atomic E-state index is 5.84. The molecule has 0 heterocycles. The average Bonchev–Trinajstić information content (AvgIpc) is 2.49. The summed E-state index contributed by atoms with van der Waals surface area (Å²) in [7, 11) is 0. The van der Waals surface area contributed by atoms with Gasteiger partial charge >= 0.3 is 0 Å². The highest BCUT2D eigenvalue weighted by Crippen LogP contribution is 2.30.